The van der Waals surface area contributed by atoms with Crippen molar-refractivity contribution in [3.63, 3.8) is 0 Å². The topological polar surface area (TPSA) is 69.7 Å². The molecule has 24 heavy (non-hydrogen) atoms. The molecular formula is C17H25N3O3S. The Kier molecular flexibility index (Phi) is 6.53. The largest absolute Gasteiger partial charge is 0.349 e. The van der Waals surface area contributed by atoms with E-state index in [-0.39, 0.29) is 11.7 Å². The monoisotopic (exact) mass is 351 g/mol. The molecule has 7 heteroatoms. The summed E-state index contributed by atoms with van der Waals surface area (Å²) in [6.45, 7) is 8.85. The van der Waals surface area contributed by atoms with Crippen molar-refractivity contribution in [3.05, 3.63) is 48.0 Å². The predicted octanol–water partition coefficient (Wildman–Crippen LogP) is 1.07. The fourth-order valence-electron chi connectivity index (χ4n) is 2.68. The molecule has 0 spiro atoms. The first-order valence-corrected chi connectivity index (χ1v) is 9.75. The average molecular weight is 351 g/mol. The lowest BCUT2D eigenvalue weighted by atomic mass is 10.1. The molecular weight excluding hydrogens is 326 g/mol. The van der Waals surface area contributed by atoms with Gasteiger partial charge in [0.25, 0.3) is 5.91 Å². The maximum Gasteiger partial charge on any atom is 0.251 e. The van der Waals surface area contributed by atoms with E-state index < -0.39 is 10.0 Å². The van der Waals surface area contributed by atoms with Crippen LogP contribution in [0.4, 0.5) is 0 Å². The predicted molar refractivity (Wildman–Crippen MR) is 95.3 cm³/mol. The molecule has 0 bridgehead atoms. The van der Waals surface area contributed by atoms with Gasteiger partial charge in [-0.25, -0.2) is 8.42 Å². The van der Waals surface area contributed by atoms with Crippen molar-refractivity contribution >= 4 is 15.9 Å². The van der Waals surface area contributed by atoms with Gasteiger partial charge in [0.2, 0.25) is 10.0 Å². The van der Waals surface area contributed by atoms with Gasteiger partial charge < -0.3 is 5.32 Å². The first-order chi connectivity index (χ1) is 11.5. The van der Waals surface area contributed by atoms with Gasteiger partial charge in [-0.3, -0.25) is 9.69 Å². The summed E-state index contributed by atoms with van der Waals surface area (Å²) in [5.41, 5.74) is 1.68. The van der Waals surface area contributed by atoms with Gasteiger partial charge in [-0.05, 0) is 24.6 Å². The molecule has 1 amide bonds. The van der Waals surface area contributed by atoms with Crippen molar-refractivity contribution in [3.8, 4) is 0 Å². The van der Waals surface area contributed by atoms with Crippen LogP contribution in [0.15, 0.2) is 36.9 Å². The van der Waals surface area contributed by atoms with Crippen molar-refractivity contribution in [2.24, 2.45) is 0 Å². The number of nitrogens with zero attached hydrogens (tertiary/aromatic N) is 2. The highest BCUT2D eigenvalue weighted by Gasteiger charge is 2.25. The lowest BCUT2D eigenvalue weighted by molar-refractivity contribution is 0.0957. The Morgan fingerprint density at radius 3 is 2.62 bits per heavy atom. The van der Waals surface area contributed by atoms with Gasteiger partial charge in [-0.2, -0.15) is 4.31 Å². The highest BCUT2D eigenvalue weighted by molar-refractivity contribution is 7.89. The van der Waals surface area contributed by atoms with Crippen LogP contribution in [-0.2, 0) is 16.6 Å². The molecule has 0 radical (unpaired) electrons. The summed E-state index contributed by atoms with van der Waals surface area (Å²) in [7, 11) is -3.10. The number of amides is 1. The zero-order valence-corrected chi connectivity index (χ0v) is 14.9. The maximum absolute atomic E-state index is 12.0. The first kappa shape index (κ1) is 18.6. The van der Waals surface area contributed by atoms with Crippen LogP contribution in [0.5, 0.6) is 0 Å². The van der Waals surface area contributed by atoms with Crippen molar-refractivity contribution in [2.45, 2.75) is 13.5 Å². The van der Waals surface area contributed by atoms with Crippen LogP contribution < -0.4 is 5.32 Å². The van der Waals surface area contributed by atoms with E-state index in [1.165, 1.54) is 0 Å². The van der Waals surface area contributed by atoms with Gasteiger partial charge in [0.1, 0.15) is 0 Å². The average Bonchev–Trinajstić information content (AvgIpc) is 2.60. The molecule has 0 aliphatic carbocycles. The van der Waals surface area contributed by atoms with Crippen LogP contribution in [-0.4, -0.2) is 62.0 Å². The van der Waals surface area contributed by atoms with Crippen LogP contribution in [0.3, 0.4) is 0 Å². The van der Waals surface area contributed by atoms with Crippen LogP contribution in [0.25, 0.3) is 0 Å². The molecule has 0 saturated carbocycles. The molecule has 1 saturated heterocycles. The van der Waals surface area contributed by atoms with Crippen LogP contribution in [0.2, 0.25) is 0 Å². The summed E-state index contributed by atoms with van der Waals surface area (Å²) in [5, 5.41) is 2.76. The molecule has 0 atom stereocenters. The van der Waals surface area contributed by atoms with E-state index in [9.17, 15) is 13.2 Å². The summed E-state index contributed by atoms with van der Waals surface area (Å²) in [4.78, 5) is 14.2. The zero-order valence-electron chi connectivity index (χ0n) is 14.1. The van der Waals surface area contributed by atoms with E-state index in [0.29, 0.717) is 44.8 Å². The molecule has 1 N–H and O–H groups in total. The van der Waals surface area contributed by atoms with E-state index in [2.05, 4.69) is 16.8 Å². The number of nitrogens with one attached hydrogen (secondary N) is 1. The normalized spacial score (nSPS) is 16.7. The molecule has 6 nitrogen and oxygen atoms in total. The van der Waals surface area contributed by atoms with Gasteiger partial charge in [0.05, 0.1) is 5.75 Å². The highest BCUT2D eigenvalue weighted by Crippen LogP contribution is 2.13. The number of hydrogen-bond donors (Lipinski definition) is 1. The zero-order chi connectivity index (χ0) is 17.6. The molecule has 1 aromatic rings. The summed E-state index contributed by atoms with van der Waals surface area (Å²) < 4.78 is 25.3. The lowest BCUT2D eigenvalue weighted by Crippen LogP contribution is -2.48. The summed E-state index contributed by atoms with van der Waals surface area (Å²) >= 11 is 0. The summed E-state index contributed by atoms with van der Waals surface area (Å²) in [6, 6.07) is 7.52. The minimum absolute atomic E-state index is 0.115. The number of carbonyl (C=O) groups excluding carboxylic acids is 1. The Morgan fingerprint density at radius 2 is 2.00 bits per heavy atom. The second-order valence-corrected chi connectivity index (χ2v) is 8.03. The fraction of sp³-hybridized carbons (Fsp3) is 0.471. The minimum Gasteiger partial charge on any atom is -0.349 e. The van der Waals surface area contributed by atoms with E-state index in [1.807, 2.05) is 18.2 Å². The SMILES string of the molecule is C=CCNC(=O)c1cccc(CN2CCN(S(=O)(=O)CC)CC2)c1. The molecule has 132 valence electrons. The third kappa shape index (κ3) is 4.90. The number of rotatable bonds is 7. The summed E-state index contributed by atoms with van der Waals surface area (Å²) in [6.07, 6.45) is 1.64. The Morgan fingerprint density at radius 1 is 1.29 bits per heavy atom. The molecule has 0 unspecified atom stereocenters. The Bertz CT molecular complexity index is 680. The van der Waals surface area contributed by atoms with Crippen LogP contribution in [0.1, 0.15) is 22.8 Å². The van der Waals surface area contributed by atoms with Crippen LogP contribution in [0, 0.1) is 0 Å². The number of hydrogen-bond acceptors (Lipinski definition) is 4. The molecule has 1 aromatic carbocycles. The van der Waals surface area contributed by atoms with E-state index in [1.54, 1.807) is 23.4 Å². The third-order valence-corrected chi connectivity index (χ3v) is 5.97. The van der Waals surface area contributed by atoms with Crippen molar-refractivity contribution in [1.29, 1.82) is 0 Å². The second kappa shape index (κ2) is 8.41. The fourth-order valence-corrected chi connectivity index (χ4v) is 3.77. The first-order valence-electron chi connectivity index (χ1n) is 8.14. The number of piperazine rings is 1. The maximum atomic E-state index is 12.0. The highest BCUT2D eigenvalue weighted by atomic mass is 32.2. The number of benzene rings is 1. The standard InChI is InChI=1S/C17H25N3O3S/c1-3-8-18-17(21)16-7-5-6-15(13-16)14-19-9-11-20(12-10-19)24(22,23)4-2/h3,5-7,13H,1,4,8-12,14H2,2H3,(H,18,21). The number of carbonyl (C=O) groups is 1. The number of sulfonamides is 1. The van der Waals surface area contributed by atoms with Crippen LogP contribution >= 0.6 is 0 Å². The van der Waals surface area contributed by atoms with Gasteiger partial charge in [0.15, 0.2) is 0 Å². The Balaban J connectivity index is 1.93. The van der Waals surface area contributed by atoms with Crippen molar-refractivity contribution in [2.75, 3.05) is 38.5 Å². The van der Waals surface area contributed by atoms with E-state index >= 15 is 0 Å². The van der Waals surface area contributed by atoms with Crippen molar-refractivity contribution in [1.82, 2.24) is 14.5 Å². The Labute approximate surface area is 144 Å². The third-order valence-electron chi connectivity index (χ3n) is 4.09. The smallest absolute Gasteiger partial charge is 0.251 e. The van der Waals surface area contributed by atoms with Crippen molar-refractivity contribution < 1.29 is 13.2 Å². The van der Waals surface area contributed by atoms with Gasteiger partial charge in [0, 0.05) is 44.8 Å². The summed E-state index contributed by atoms with van der Waals surface area (Å²) in [5.74, 6) is 0.0325. The Hall–Kier alpha value is -1.70. The van der Waals surface area contributed by atoms with Gasteiger partial charge >= 0.3 is 0 Å². The lowest BCUT2D eigenvalue weighted by Gasteiger charge is -2.33. The second-order valence-electron chi connectivity index (χ2n) is 5.77. The van der Waals surface area contributed by atoms with E-state index in [0.717, 1.165) is 5.56 Å². The molecule has 2 rings (SSSR count). The molecule has 1 fully saturated rings. The van der Waals surface area contributed by atoms with Gasteiger partial charge in [-0.1, -0.05) is 18.2 Å². The molecule has 1 aliphatic heterocycles. The van der Waals surface area contributed by atoms with E-state index in [4.69, 9.17) is 0 Å². The quantitative estimate of drug-likeness (QED) is 0.746. The van der Waals surface area contributed by atoms with Gasteiger partial charge in [-0.15, -0.1) is 6.58 Å². The molecule has 1 aliphatic rings. The molecule has 0 aromatic heterocycles. The molecule has 1 heterocycles. The minimum atomic E-state index is -3.10.